The van der Waals surface area contributed by atoms with Crippen LogP contribution in [0.5, 0.6) is 0 Å². The Morgan fingerprint density at radius 1 is 1.35 bits per heavy atom. The number of aliphatic hydroxyl groups is 1. The van der Waals surface area contributed by atoms with Crippen molar-refractivity contribution in [2.45, 2.75) is 50.8 Å². The second-order valence-corrected chi connectivity index (χ2v) is 8.80. The van der Waals surface area contributed by atoms with Crippen LogP contribution >= 0.6 is 7.82 Å². The normalized spacial score (nSPS) is 25.3. The van der Waals surface area contributed by atoms with Gasteiger partial charge in [-0.3, -0.25) is 13.9 Å². The molecule has 1 saturated heterocycles. The van der Waals surface area contributed by atoms with E-state index in [9.17, 15) is 14.5 Å². The van der Waals surface area contributed by atoms with Gasteiger partial charge in [-0.15, -0.1) is 0 Å². The molecule has 2 aromatic heterocycles. The summed E-state index contributed by atoms with van der Waals surface area (Å²) in [7, 11) is -4.85. The minimum Gasteiger partial charge on any atom is -0.455 e. The van der Waals surface area contributed by atoms with Gasteiger partial charge in [-0.2, -0.15) is 0 Å². The van der Waals surface area contributed by atoms with Gasteiger partial charge in [-0.05, 0) is 12.3 Å². The third-order valence-electron chi connectivity index (χ3n) is 4.66. The maximum Gasteiger partial charge on any atom is 0.469 e. The summed E-state index contributed by atoms with van der Waals surface area (Å²) < 4.78 is 28.1. The van der Waals surface area contributed by atoms with Crippen molar-refractivity contribution in [2.75, 3.05) is 12.3 Å². The second kappa shape index (κ2) is 9.12. The number of esters is 1. The number of anilines is 1. The fourth-order valence-corrected chi connectivity index (χ4v) is 3.62. The molecule has 1 aliphatic heterocycles. The van der Waals surface area contributed by atoms with E-state index >= 15 is 0 Å². The predicted molar refractivity (Wildman–Crippen MR) is 105 cm³/mol. The molecule has 7 N–H and O–H groups in total. The van der Waals surface area contributed by atoms with Crippen molar-refractivity contribution in [3.8, 4) is 0 Å². The van der Waals surface area contributed by atoms with Crippen molar-refractivity contribution >= 4 is 30.8 Å². The molecule has 1 aliphatic rings. The molecule has 0 saturated carbocycles. The van der Waals surface area contributed by atoms with Gasteiger partial charge in [-0.25, -0.2) is 19.5 Å². The van der Waals surface area contributed by atoms with Gasteiger partial charge in [0.25, 0.3) is 0 Å². The second-order valence-electron chi connectivity index (χ2n) is 7.56. The molecule has 3 rings (SSSR count). The smallest absolute Gasteiger partial charge is 0.455 e. The summed E-state index contributed by atoms with van der Waals surface area (Å²) in [5.74, 6) is -0.554. The third-order valence-corrected chi connectivity index (χ3v) is 5.14. The summed E-state index contributed by atoms with van der Waals surface area (Å²) >= 11 is 0. The minimum absolute atomic E-state index is 0.111. The van der Waals surface area contributed by atoms with Gasteiger partial charge >= 0.3 is 13.8 Å². The number of phosphoric acid groups is 1. The lowest BCUT2D eigenvalue weighted by Gasteiger charge is -2.23. The first-order chi connectivity index (χ1) is 14.5. The number of fused-ring (bicyclic) bond motifs is 1. The van der Waals surface area contributed by atoms with Crippen molar-refractivity contribution in [3.63, 3.8) is 0 Å². The zero-order valence-corrected chi connectivity index (χ0v) is 17.7. The Morgan fingerprint density at radius 3 is 2.71 bits per heavy atom. The molecule has 0 amide bonds. The third kappa shape index (κ3) is 5.36. The monoisotopic (exact) mass is 460 g/mol. The van der Waals surface area contributed by atoms with Crippen LogP contribution in [0.2, 0.25) is 0 Å². The zero-order valence-electron chi connectivity index (χ0n) is 16.8. The minimum atomic E-state index is -4.85. The summed E-state index contributed by atoms with van der Waals surface area (Å²) in [4.78, 5) is 42.4. The van der Waals surface area contributed by atoms with Gasteiger partial charge in [0.05, 0.1) is 12.9 Å². The summed E-state index contributed by atoms with van der Waals surface area (Å²) in [6, 6.07) is -0.948. The maximum absolute atomic E-state index is 12.4. The average molecular weight is 460 g/mol. The van der Waals surface area contributed by atoms with Crippen molar-refractivity contribution < 1.29 is 38.3 Å². The van der Waals surface area contributed by atoms with Crippen LogP contribution in [0, 0.1) is 5.92 Å². The molecule has 15 heteroatoms. The molecule has 172 valence electrons. The van der Waals surface area contributed by atoms with Crippen LogP contribution in [0.25, 0.3) is 11.2 Å². The van der Waals surface area contributed by atoms with E-state index in [1.54, 1.807) is 0 Å². The van der Waals surface area contributed by atoms with E-state index in [0.717, 1.165) is 0 Å². The van der Waals surface area contributed by atoms with Gasteiger partial charge in [0.2, 0.25) is 0 Å². The van der Waals surface area contributed by atoms with Crippen molar-refractivity contribution in [2.24, 2.45) is 11.7 Å². The van der Waals surface area contributed by atoms with Crippen LogP contribution < -0.4 is 11.5 Å². The first kappa shape index (κ1) is 23.5. The molecular formula is C16H25N6O8P. The predicted octanol–water partition coefficient (Wildman–Crippen LogP) is -0.939. The lowest BCUT2D eigenvalue weighted by atomic mass is 10.0. The van der Waals surface area contributed by atoms with E-state index in [-0.39, 0.29) is 22.9 Å². The molecule has 2 aromatic rings. The van der Waals surface area contributed by atoms with E-state index < -0.39 is 51.0 Å². The summed E-state index contributed by atoms with van der Waals surface area (Å²) in [5, 5.41) is 10.8. The zero-order chi connectivity index (χ0) is 22.9. The number of carbonyl (C=O) groups excluding carboxylic acids is 1. The number of hydrogen-bond acceptors (Lipinski definition) is 11. The topological polar surface area (TPSA) is 218 Å². The van der Waals surface area contributed by atoms with Crippen LogP contribution in [0.15, 0.2) is 12.7 Å². The number of ether oxygens (including phenoxy) is 2. The van der Waals surface area contributed by atoms with Crippen LogP contribution in [-0.4, -0.2) is 71.3 Å². The van der Waals surface area contributed by atoms with Gasteiger partial charge < -0.3 is 35.8 Å². The Labute approximate surface area is 176 Å². The SMILES string of the molecule is CC(C)CC(N)C(=O)OC1C(COP(=O)(O)O)OC(n2cnc3c(N)ncnc32)C1O. The maximum atomic E-state index is 12.4. The van der Waals surface area contributed by atoms with E-state index in [1.165, 1.54) is 17.2 Å². The Kier molecular flexibility index (Phi) is 6.91. The molecular weight excluding hydrogens is 435 g/mol. The van der Waals surface area contributed by atoms with E-state index in [0.29, 0.717) is 6.42 Å². The number of rotatable bonds is 8. The first-order valence-corrected chi connectivity index (χ1v) is 10.9. The number of hydrogen-bond donors (Lipinski definition) is 5. The summed E-state index contributed by atoms with van der Waals surface area (Å²) in [6.45, 7) is 3.11. The largest absolute Gasteiger partial charge is 0.469 e. The van der Waals surface area contributed by atoms with Gasteiger partial charge in [-0.1, -0.05) is 13.8 Å². The van der Waals surface area contributed by atoms with Crippen molar-refractivity contribution in [1.29, 1.82) is 0 Å². The van der Waals surface area contributed by atoms with Crippen LogP contribution in [0.4, 0.5) is 5.82 Å². The van der Waals surface area contributed by atoms with Crippen LogP contribution in [0.1, 0.15) is 26.5 Å². The Morgan fingerprint density at radius 2 is 2.06 bits per heavy atom. The molecule has 1 fully saturated rings. The van der Waals surface area contributed by atoms with Gasteiger partial charge in [0.1, 0.15) is 30.1 Å². The van der Waals surface area contributed by atoms with Gasteiger partial charge in [0.15, 0.2) is 23.8 Å². The molecule has 14 nitrogen and oxygen atoms in total. The Bertz CT molecular complexity index is 980. The Hall–Kier alpha value is -2.19. The van der Waals surface area contributed by atoms with E-state index in [4.69, 9.17) is 30.7 Å². The van der Waals surface area contributed by atoms with Crippen LogP contribution in [0.3, 0.4) is 0 Å². The lowest BCUT2D eigenvalue weighted by molar-refractivity contribution is -0.158. The fourth-order valence-electron chi connectivity index (χ4n) is 3.28. The highest BCUT2D eigenvalue weighted by Crippen LogP contribution is 2.39. The highest BCUT2D eigenvalue weighted by Gasteiger charge is 2.48. The standard InChI is InChI=1S/C16H25N6O8P/c1-7(2)3-8(17)16(24)30-12-9(4-28-31(25,26)27)29-15(11(12)23)22-6-21-10-13(18)19-5-20-14(10)22/h5-9,11-12,15,23H,3-4,17H2,1-2H3,(H2,18,19,20)(H2,25,26,27). The molecule has 0 spiro atoms. The molecule has 0 aliphatic carbocycles. The Balaban J connectivity index is 1.86. The number of aromatic nitrogens is 4. The van der Waals surface area contributed by atoms with Crippen molar-refractivity contribution in [3.05, 3.63) is 12.7 Å². The number of phosphoric ester groups is 1. The molecule has 0 radical (unpaired) electrons. The lowest BCUT2D eigenvalue weighted by Crippen LogP contribution is -2.43. The number of nitrogens with two attached hydrogens (primary N) is 2. The highest BCUT2D eigenvalue weighted by molar-refractivity contribution is 7.46. The molecule has 5 atom stereocenters. The number of carbonyl (C=O) groups is 1. The van der Waals surface area contributed by atoms with E-state index in [2.05, 4.69) is 19.5 Å². The van der Waals surface area contributed by atoms with Crippen LogP contribution in [-0.2, 0) is 23.4 Å². The number of imidazole rings is 1. The fraction of sp³-hybridized carbons (Fsp3) is 0.625. The number of nitrogens with zero attached hydrogens (tertiary/aromatic N) is 4. The summed E-state index contributed by atoms with van der Waals surface area (Å²) in [6.07, 6.45) is -2.29. The molecule has 0 aromatic carbocycles. The van der Waals surface area contributed by atoms with E-state index in [1.807, 2.05) is 13.8 Å². The molecule has 31 heavy (non-hydrogen) atoms. The molecule has 5 unspecified atom stereocenters. The van der Waals surface area contributed by atoms with Crippen molar-refractivity contribution in [1.82, 2.24) is 19.5 Å². The highest BCUT2D eigenvalue weighted by atomic mass is 31.2. The quantitative estimate of drug-likeness (QED) is 0.237. The number of aliphatic hydroxyl groups excluding tert-OH is 1. The molecule has 0 bridgehead atoms. The average Bonchev–Trinajstić information content (AvgIpc) is 3.22. The first-order valence-electron chi connectivity index (χ1n) is 9.40. The summed E-state index contributed by atoms with van der Waals surface area (Å²) in [5.41, 5.74) is 12.1. The number of nitrogen functional groups attached to an aromatic ring is 1. The van der Waals surface area contributed by atoms with Gasteiger partial charge in [0, 0.05) is 0 Å². The molecule has 3 heterocycles.